The van der Waals surface area contributed by atoms with Crippen molar-refractivity contribution in [2.24, 2.45) is 0 Å². The Labute approximate surface area is 115 Å². The van der Waals surface area contributed by atoms with Crippen LogP contribution in [0.5, 0.6) is 0 Å². The Bertz CT molecular complexity index is 666. The monoisotopic (exact) mass is 275 g/mol. The standard InChI is InChI=1S/C16H12F3N/c1-11-10-13(7-6-12(11)8-9-20)14-4-2-3-5-15(14)16(17,18)19/h2-7,10H,8H2,1H3. The van der Waals surface area contributed by atoms with Crippen molar-refractivity contribution in [3.63, 3.8) is 0 Å². The lowest BCUT2D eigenvalue weighted by Gasteiger charge is -2.14. The molecule has 0 aliphatic carbocycles. The van der Waals surface area contributed by atoms with Crippen molar-refractivity contribution in [2.45, 2.75) is 19.5 Å². The molecule has 2 aromatic rings. The first kappa shape index (κ1) is 14.1. The second-order valence-electron chi connectivity index (χ2n) is 4.52. The summed E-state index contributed by atoms with van der Waals surface area (Å²) in [6.45, 7) is 1.80. The lowest BCUT2D eigenvalue weighted by molar-refractivity contribution is -0.137. The van der Waals surface area contributed by atoms with E-state index >= 15 is 0 Å². The summed E-state index contributed by atoms with van der Waals surface area (Å²) in [7, 11) is 0. The molecule has 20 heavy (non-hydrogen) atoms. The van der Waals surface area contributed by atoms with E-state index in [1.807, 2.05) is 6.07 Å². The van der Waals surface area contributed by atoms with E-state index < -0.39 is 11.7 Å². The van der Waals surface area contributed by atoms with Crippen molar-refractivity contribution in [2.75, 3.05) is 0 Å². The largest absolute Gasteiger partial charge is 0.417 e. The number of hydrogen-bond donors (Lipinski definition) is 0. The average Bonchev–Trinajstić information content (AvgIpc) is 2.40. The molecule has 0 aliphatic rings. The number of aryl methyl sites for hydroxylation is 1. The summed E-state index contributed by atoms with van der Waals surface area (Å²) < 4.78 is 39.0. The highest BCUT2D eigenvalue weighted by Crippen LogP contribution is 2.37. The van der Waals surface area contributed by atoms with E-state index in [4.69, 9.17) is 5.26 Å². The van der Waals surface area contributed by atoms with Gasteiger partial charge in [-0.3, -0.25) is 0 Å². The van der Waals surface area contributed by atoms with Crippen LogP contribution in [0.3, 0.4) is 0 Å². The van der Waals surface area contributed by atoms with Gasteiger partial charge in [0.25, 0.3) is 0 Å². The van der Waals surface area contributed by atoms with Crippen molar-refractivity contribution in [1.82, 2.24) is 0 Å². The first-order valence-electron chi connectivity index (χ1n) is 6.06. The van der Waals surface area contributed by atoms with Gasteiger partial charge in [0.1, 0.15) is 0 Å². The van der Waals surface area contributed by atoms with Gasteiger partial charge in [0.15, 0.2) is 0 Å². The molecule has 0 N–H and O–H groups in total. The minimum Gasteiger partial charge on any atom is -0.198 e. The third-order valence-corrected chi connectivity index (χ3v) is 3.16. The molecule has 0 atom stereocenters. The minimum atomic E-state index is -4.38. The van der Waals surface area contributed by atoms with Gasteiger partial charge in [-0.25, -0.2) is 0 Å². The predicted molar refractivity (Wildman–Crippen MR) is 70.9 cm³/mol. The van der Waals surface area contributed by atoms with Crippen LogP contribution >= 0.6 is 0 Å². The molecule has 0 saturated carbocycles. The summed E-state index contributed by atoms with van der Waals surface area (Å²) in [5.41, 5.74) is 1.68. The Kier molecular flexibility index (Phi) is 3.80. The van der Waals surface area contributed by atoms with Crippen LogP contribution in [0.25, 0.3) is 11.1 Å². The Morgan fingerprint density at radius 1 is 1.10 bits per heavy atom. The minimum absolute atomic E-state index is 0.159. The van der Waals surface area contributed by atoms with E-state index in [2.05, 4.69) is 0 Å². The third kappa shape index (κ3) is 2.83. The molecular formula is C16H12F3N. The van der Waals surface area contributed by atoms with Gasteiger partial charge in [-0.15, -0.1) is 0 Å². The molecule has 2 rings (SSSR count). The van der Waals surface area contributed by atoms with Gasteiger partial charge in [0, 0.05) is 0 Å². The lowest BCUT2D eigenvalue weighted by atomic mass is 9.95. The first-order valence-corrected chi connectivity index (χ1v) is 6.06. The highest BCUT2D eigenvalue weighted by Gasteiger charge is 2.33. The Hall–Kier alpha value is -2.28. The van der Waals surface area contributed by atoms with Crippen LogP contribution in [0.1, 0.15) is 16.7 Å². The van der Waals surface area contributed by atoms with Crippen LogP contribution in [0.2, 0.25) is 0 Å². The topological polar surface area (TPSA) is 23.8 Å². The van der Waals surface area contributed by atoms with Crippen LogP contribution in [-0.4, -0.2) is 0 Å². The fourth-order valence-corrected chi connectivity index (χ4v) is 2.13. The maximum atomic E-state index is 13.0. The van der Waals surface area contributed by atoms with Gasteiger partial charge >= 0.3 is 6.18 Å². The summed E-state index contributed by atoms with van der Waals surface area (Å²) in [4.78, 5) is 0. The number of halogens is 3. The quantitative estimate of drug-likeness (QED) is 0.776. The van der Waals surface area contributed by atoms with Crippen LogP contribution in [0.15, 0.2) is 42.5 Å². The summed E-state index contributed by atoms with van der Waals surface area (Å²) in [6, 6.07) is 12.6. The predicted octanol–water partition coefficient (Wildman–Crippen LogP) is 4.75. The van der Waals surface area contributed by atoms with Crippen LogP contribution in [-0.2, 0) is 12.6 Å². The van der Waals surface area contributed by atoms with Gasteiger partial charge in [-0.1, -0.05) is 36.4 Å². The highest BCUT2D eigenvalue weighted by atomic mass is 19.4. The summed E-state index contributed by atoms with van der Waals surface area (Å²) in [6.07, 6.45) is -4.12. The molecule has 4 heteroatoms. The molecule has 0 radical (unpaired) electrons. The Balaban J connectivity index is 2.53. The second kappa shape index (κ2) is 5.38. The van der Waals surface area contributed by atoms with Crippen molar-refractivity contribution in [1.29, 1.82) is 5.26 Å². The summed E-state index contributed by atoms with van der Waals surface area (Å²) in [5.74, 6) is 0. The molecule has 0 saturated heterocycles. The number of hydrogen-bond acceptors (Lipinski definition) is 1. The third-order valence-electron chi connectivity index (χ3n) is 3.16. The zero-order valence-corrected chi connectivity index (χ0v) is 10.8. The van der Waals surface area contributed by atoms with Crippen molar-refractivity contribution in [3.05, 3.63) is 59.2 Å². The zero-order chi connectivity index (χ0) is 14.8. The molecule has 0 aliphatic heterocycles. The lowest BCUT2D eigenvalue weighted by Crippen LogP contribution is -2.07. The summed E-state index contributed by atoms with van der Waals surface area (Å²) >= 11 is 0. The number of nitriles is 1. The van der Waals surface area contributed by atoms with Crippen LogP contribution in [0, 0.1) is 18.3 Å². The molecule has 1 nitrogen and oxygen atoms in total. The normalized spacial score (nSPS) is 11.2. The van der Waals surface area contributed by atoms with E-state index in [0.717, 1.165) is 17.2 Å². The smallest absolute Gasteiger partial charge is 0.198 e. The van der Waals surface area contributed by atoms with E-state index in [1.165, 1.54) is 12.1 Å². The number of rotatable bonds is 2. The van der Waals surface area contributed by atoms with E-state index in [9.17, 15) is 13.2 Å². The number of nitrogens with zero attached hydrogens (tertiary/aromatic N) is 1. The van der Waals surface area contributed by atoms with Crippen molar-refractivity contribution >= 4 is 0 Å². The van der Waals surface area contributed by atoms with Gasteiger partial charge in [0.05, 0.1) is 18.1 Å². The Morgan fingerprint density at radius 3 is 2.40 bits per heavy atom. The van der Waals surface area contributed by atoms with Crippen LogP contribution < -0.4 is 0 Å². The number of alkyl halides is 3. The van der Waals surface area contributed by atoms with Gasteiger partial charge in [-0.2, -0.15) is 18.4 Å². The molecule has 0 amide bonds. The fraction of sp³-hybridized carbons (Fsp3) is 0.188. The molecule has 0 fully saturated rings. The van der Waals surface area contributed by atoms with Gasteiger partial charge in [0.2, 0.25) is 0 Å². The van der Waals surface area contributed by atoms with Crippen molar-refractivity contribution < 1.29 is 13.2 Å². The molecule has 0 unspecified atom stereocenters. The molecule has 102 valence electrons. The molecular weight excluding hydrogens is 263 g/mol. The molecule has 0 heterocycles. The van der Waals surface area contributed by atoms with Crippen LogP contribution in [0.4, 0.5) is 13.2 Å². The zero-order valence-electron chi connectivity index (χ0n) is 10.8. The Morgan fingerprint density at radius 2 is 1.80 bits per heavy atom. The summed E-state index contributed by atoms with van der Waals surface area (Å²) in [5, 5.41) is 8.68. The fourth-order valence-electron chi connectivity index (χ4n) is 2.13. The van der Waals surface area contributed by atoms with Gasteiger partial charge < -0.3 is 0 Å². The average molecular weight is 275 g/mol. The molecule has 0 bridgehead atoms. The highest BCUT2D eigenvalue weighted by molar-refractivity contribution is 5.69. The maximum Gasteiger partial charge on any atom is 0.417 e. The molecule has 2 aromatic carbocycles. The molecule has 0 spiro atoms. The maximum absolute atomic E-state index is 13.0. The van der Waals surface area contributed by atoms with Crippen molar-refractivity contribution in [3.8, 4) is 17.2 Å². The first-order chi connectivity index (χ1) is 9.43. The number of benzene rings is 2. The molecule has 0 aromatic heterocycles. The second-order valence-corrected chi connectivity index (χ2v) is 4.52. The van der Waals surface area contributed by atoms with E-state index in [-0.39, 0.29) is 12.0 Å². The van der Waals surface area contributed by atoms with E-state index in [0.29, 0.717) is 5.56 Å². The van der Waals surface area contributed by atoms with Gasteiger partial charge in [-0.05, 0) is 35.2 Å². The van der Waals surface area contributed by atoms with E-state index in [1.54, 1.807) is 31.2 Å². The SMILES string of the molecule is Cc1cc(-c2ccccc2C(F)(F)F)ccc1CC#N.